The largest absolute Gasteiger partial charge is 0.490 e. The summed E-state index contributed by atoms with van der Waals surface area (Å²) in [5, 5.41) is 15.8. The molecule has 3 aromatic rings. The molecule has 1 aliphatic heterocycles. The van der Waals surface area contributed by atoms with Crippen LogP contribution in [0.5, 0.6) is 0 Å². The second-order valence-corrected chi connectivity index (χ2v) is 7.83. The Kier molecular flexibility index (Phi) is 7.26. The van der Waals surface area contributed by atoms with Crippen molar-refractivity contribution in [3.05, 3.63) is 54.0 Å². The standard InChI is InChI=1S/C19H24N6O.C2HF3O2/c1-23(2)19(26)21-10-16-13-24(12-15-6-9-22-25(15)16)11-14-4-3-5-18-17(14)7-8-20-18;3-2(4,5)1(6)7/h3-9,16,20H,10-13H2,1-2H3,(H,21,26);(H,6,7). The minimum Gasteiger partial charge on any atom is -0.475 e. The summed E-state index contributed by atoms with van der Waals surface area (Å²) < 4.78 is 33.8. The molecule has 2 aromatic heterocycles. The van der Waals surface area contributed by atoms with Gasteiger partial charge in [-0.25, -0.2) is 9.59 Å². The van der Waals surface area contributed by atoms with Crippen molar-refractivity contribution in [1.82, 2.24) is 29.9 Å². The molecule has 1 aromatic carbocycles. The van der Waals surface area contributed by atoms with Crippen molar-refractivity contribution < 1.29 is 27.9 Å². The van der Waals surface area contributed by atoms with Crippen molar-refractivity contribution in [2.45, 2.75) is 25.3 Å². The number of hydrogen-bond acceptors (Lipinski definition) is 4. The molecule has 0 saturated carbocycles. The van der Waals surface area contributed by atoms with Crippen LogP contribution >= 0.6 is 0 Å². The number of urea groups is 1. The van der Waals surface area contributed by atoms with Crippen LogP contribution in [0, 0.1) is 0 Å². The summed E-state index contributed by atoms with van der Waals surface area (Å²) >= 11 is 0. The number of fused-ring (bicyclic) bond motifs is 2. The monoisotopic (exact) mass is 466 g/mol. The lowest BCUT2D eigenvalue weighted by atomic mass is 10.1. The van der Waals surface area contributed by atoms with Gasteiger partial charge in [0.15, 0.2) is 0 Å². The van der Waals surface area contributed by atoms with Crippen LogP contribution in [0.4, 0.5) is 18.0 Å². The van der Waals surface area contributed by atoms with E-state index in [0.717, 1.165) is 19.6 Å². The van der Waals surface area contributed by atoms with Gasteiger partial charge >= 0.3 is 18.2 Å². The first-order valence-corrected chi connectivity index (χ1v) is 10.1. The highest BCUT2D eigenvalue weighted by Crippen LogP contribution is 2.24. The molecule has 12 heteroatoms. The number of aromatic amines is 1. The smallest absolute Gasteiger partial charge is 0.475 e. The van der Waals surface area contributed by atoms with E-state index in [1.807, 2.05) is 17.1 Å². The molecule has 3 N–H and O–H groups in total. The molecule has 3 heterocycles. The van der Waals surface area contributed by atoms with E-state index in [9.17, 15) is 18.0 Å². The number of carbonyl (C=O) groups is 2. The third kappa shape index (κ3) is 6.04. The van der Waals surface area contributed by atoms with Gasteiger partial charge in [0.2, 0.25) is 0 Å². The normalized spacial score (nSPS) is 16.0. The lowest BCUT2D eigenvalue weighted by Gasteiger charge is -2.34. The van der Waals surface area contributed by atoms with Gasteiger partial charge in [-0.1, -0.05) is 12.1 Å². The quantitative estimate of drug-likeness (QED) is 0.548. The number of alkyl halides is 3. The van der Waals surface area contributed by atoms with Crippen LogP contribution in [-0.2, 0) is 17.9 Å². The molecule has 0 aliphatic carbocycles. The Balaban J connectivity index is 0.000000383. The number of amides is 2. The van der Waals surface area contributed by atoms with Gasteiger partial charge in [-0.3, -0.25) is 9.58 Å². The zero-order chi connectivity index (χ0) is 24.2. The second kappa shape index (κ2) is 9.94. The van der Waals surface area contributed by atoms with Gasteiger partial charge in [-0.05, 0) is 23.8 Å². The average Bonchev–Trinajstić information content (AvgIpc) is 3.41. The molecule has 1 atom stereocenters. The number of nitrogens with one attached hydrogen (secondary N) is 2. The SMILES string of the molecule is CN(C)C(=O)NCC1CN(Cc2cccc3[nH]ccc23)Cc2ccnn21.O=C(O)C(F)(F)F. The van der Waals surface area contributed by atoms with Gasteiger partial charge in [0.1, 0.15) is 0 Å². The molecule has 1 unspecified atom stereocenters. The van der Waals surface area contributed by atoms with Crippen molar-refractivity contribution in [2.75, 3.05) is 27.2 Å². The Morgan fingerprint density at radius 2 is 2.00 bits per heavy atom. The van der Waals surface area contributed by atoms with Crippen LogP contribution in [0.3, 0.4) is 0 Å². The number of carboxylic acids is 1. The van der Waals surface area contributed by atoms with Crippen molar-refractivity contribution in [2.24, 2.45) is 0 Å². The topological polar surface area (TPSA) is 106 Å². The third-order valence-electron chi connectivity index (χ3n) is 5.17. The van der Waals surface area contributed by atoms with Crippen LogP contribution in [0.25, 0.3) is 10.9 Å². The van der Waals surface area contributed by atoms with E-state index in [0.29, 0.717) is 6.54 Å². The molecule has 2 amide bonds. The fourth-order valence-electron chi connectivity index (χ4n) is 3.63. The molecule has 0 spiro atoms. The predicted octanol–water partition coefficient (Wildman–Crippen LogP) is 2.83. The van der Waals surface area contributed by atoms with Crippen molar-refractivity contribution in [1.29, 1.82) is 0 Å². The first-order valence-electron chi connectivity index (χ1n) is 10.1. The maximum atomic E-state index is 11.9. The lowest BCUT2D eigenvalue weighted by Crippen LogP contribution is -2.44. The van der Waals surface area contributed by atoms with Gasteiger partial charge in [0, 0.05) is 63.6 Å². The Morgan fingerprint density at radius 3 is 2.67 bits per heavy atom. The molecular weight excluding hydrogens is 441 g/mol. The summed E-state index contributed by atoms with van der Waals surface area (Å²) in [5.74, 6) is -2.76. The van der Waals surface area contributed by atoms with E-state index < -0.39 is 12.1 Å². The van der Waals surface area contributed by atoms with E-state index in [2.05, 4.69) is 50.6 Å². The van der Waals surface area contributed by atoms with E-state index in [1.54, 1.807) is 19.0 Å². The van der Waals surface area contributed by atoms with Crippen molar-refractivity contribution in [3.63, 3.8) is 0 Å². The maximum Gasteiger partial charge on any atom is 0.490 e. The maximum absolute atomic E-state index is 11.9. The molecule has 9 nitrogen and oxygen atoms in total. The molecule has 0 fully saturated rings. The van der Waals surface area contributed by atoms with Gasteiger partial charge in [0.25, 0.3) is 0 Å². The van der Waals surface area contributed by atoms with Crippen LogP contribution in [0.1, 0.15) is 17.3 Å². The highest BCUT2D eigenvalue weighted by atomic mass is 19.4. The zero-order valence-corrected chi connectivity index (χ0v) is 18.1. The summed E-state index contributed by atoms with van der Waals surface area (Å²) in [7, 11) is 3.50. The summed E-state index contributed by atoms with van der Waals surface area (Å²) in [6.45, 7) is 3.15. The number of hydrogen-bond donors (Lipinski definition) is 3. The third-order valence-corrected chi connectivity index (χ3v) is 5.17. The molecule has 1 aliphatic rings. The number of rotatable bonds is 4. The minimum absolute atomic E-state index is 0.0760. The van der Waals surface area contributed by atoms with E-state index >= 15 is 0 Å². The first kappa shape index (κ1) is 24.1. The number of benzene rings is 1. The number of aliphatic carboxylic acids is 1. The number of aromatic nitrogens is 3. The second-order valence-electron chi connectivity index (χ2n) is 7.83. The molecular formula is C21H25F3N6O3. The van der Waals surface area contributed by atoms with Gasteiger partial charge in [-0.15, -0.1) is 0 Å². The Hall–Kier alpha value is -3.54. The number of carbonyl (C=O) groups excluding carboxylic acids is 1. The van der Waals surface area contributed by atoms with Crippen LogP contribution < -0.4 is 5.32 Å². The van der Waals surface area contributed by atoms with Crippen LogP contribution in [0.2, 0.25) is 0 Å². The molecule has 0 radical (unpaired) electrons. The van der Waals surface area contributed by atoms with E-state index in [1.165, 1.54) is 22.2 Å². The van der Waals surface area contributed by atoms with Gasteiger partial charge in [-0.2, -0.15) is 18.3 Å². The first-order chi connectivity index (χ1) is 15.6. The van der Waals surface area contributed by atoms with Crippen molar-refractivity contribution in [3.8, 4) is 0 Å². The van der Waals surface area contributed by atoms with Gasteiger partial charge in [0.05, 0.1) is 11.7 Å². The fraction of sp³-hybridized carbons (Fsp3) is 0.381. The van der Waals surface area contributed by atoms with Crippen molar-refractivity contribution >= 4 is 22.9 Å². The van der Waals surface area contributed by atoms with E-state index in [-0.39, 0.29) is 12.1 Å². The average molecular weight is 466 g/mol. The molecule has 178 valence electrons. The van der Waals surface area contributed by atoms with Gasteiger partial charge < -0.3 is 20.3 Å². The summed E-state index contributed by atoms with van der Waals surface area (Å²) in [5.41, 5.74) is 3.66. The Labute approximate surface area is 187 Å². The summed E-state index contributed by atoms with van der Waals surface area (Å²) in [6, 6.07) is 10.6. The molecule has 4 rings (SSSR count). The fourth-order valence-corrected chi connectivity index (χ4v) is 3.63. The highest BCUT2D eigenvalue weighted by molar-refractivity contribution is 5.82. The predicted molar refractivity (Wildman–Crippen MR) is 114 cm³/mol. The summed E-state index contributed by atoms with van der Waals surface area (Å²) in [4.78, 5) is 28.0. The lowest BCUT2D eigenvalue weighted by molar-refractivity contribution is -0.192. The molecule has 0 bridgehead atoms. The highest BCUT2D eigenvalue weighted by Gasteiger charge is 2.38. The number of carboxylic acid groups (broad SMARTS) is 1. The summed E-state index contributed by atoms with van der Waals surface area (Å²) in [6.07, 6.45) is -1.26. The molecule has 0 saturated heterocycles. The van der Waals surface area contributed by atoms with E-state index in [4.69, 9.17) is 9.90 Å². The van der Waals surface area contributed by atoms with Crippen LogP contribution in [0.15, 0.2) is 42.7 Å². The Morgan fingerprint density at radius 1 is 1.27 bits per heavy atom. The Bertz CT molecular complexity index is 1110. The minimum atomic E-state index is -5.08. The molecule has 33 heavy (non-hydrogen) atoms. The number of H-pyrrole nitrogens is 1. The number of nitrogens with zero attached hydrogens (tertiary/aromatic N) is 4. The zero-order valence-electron chi connectivity index (χ0n) is 18.1. The van der Waals surface area contributed by atoms with Crippen LogP contribution in [-0.4, -0.2) is 75.0 Å². The number of halogens is 3.